The van der Waals surface area contributed by atoms with Crippen molar-refractivity contribution in [2.24, 2.45) is 5.92 Å². The number of pyridine rings is 1. The Hall–Kier alpha value is -0.880. The van der Waals surface area contributed by atoms with Gasteiger partial charge in [0.15, 0.2) is 0 Å². The number of hydrogen-bond acceptors (Lipinski definition) is 3. The van der Waals surface area contributed by atoms with E-state index in [1.54, 1.807) is 11.9 Å². The van der Waals surface area contributed by atoms with Gasteiger partial charge in [0.25, 0.3) is 0 Å². The zero-order chi connectivity index (χ0) is 14.9. The molecule has 0 radical (unpaired) electrons. The Bertz CT molecular complexity index is 494. The molecule has 0 aliphatic carbocycles. The van der Waals surface area contributed by atoms with Gasteiger partial charge in [0.2, 0.25) is 0 Å². The van der Waals surface area contributed by atoms with Crippen LogP contribution in [0.1, 0.15) is 12.8 Å². The highest BCUT2D eigenvalue weighted by atomic mass is 35.5. The summed E-state index contributed by atoms with van der Waals surface area (Å²) in [7, 11) is 1.64. The summed E-state index contributed by atoms with van der Waals surface area (Å²) in [6.07, 6.45) is -3.59. The van der Waals surface area contributed by atoms with Crippen molar-refractivity contribution >= 4 is 34.8 Å². The van der Waals surface area contributed by atoms with Crippen LogP contribution in [0.15, 0.2) is 6.07 Å². The van der Waals surface area contributed by atoms with Gasteiger partial charge in [-0.3, -0.25) is 0 Å². The van der Waals surface area contributed by atoms with E-state index in [0.717, 1.165) is 0 Å². The maximum absolute atomic E-state index is 12.8. The summed E-state index contributed by atoms with van der Waals surface area (Å²) < 4.78 is 38.5. The van der Waals surface area contributed by atoms with Gasteiger partial charge in [-0.1, -0.05) is 23.2 Å². The molecule has 1 saturated heterocycles. The lowest BCUT2D eigenvalue weighted by molar-refractivity contribution is -0.176. The van der Waals surface area contributed by atoms with Gasteiger partial charge in [-0.25, -0.2) is 4.98 Å². The van der Waals surface area contributed by atoms with Crippen LogP contribution in [0.4, 0.5) is 24.8 Å². The Morgan fingerprint density at radius 2 is 2.05 bits per heavy atom. The number of hydrogen-bond donors (Lipinski definition) is 1. The van der Waals surface area contributed by atoms with Crippen LogP contribution in [0.5, 0.6) is 0 Å². The molecule has 8 heteroatoms. The number of nitrogens with zero attached hydrogens (tertiary/aromatic N) is 2. The third-order valence-electron chi connectivity index (χ3n) is 3.33. The number of aromatic nitrogens is 1. The zero-order valence-corrected chi connectivity index (χ0v) is 12.3. The average Bonchev–Trinajstić information content (AvgIpc) is 2.38. The molecule has 1 atom stereocenters. The van der Waals surface area contributed by atoms with E-state index >= 15 is 0 Å². The Morgan fingerprint density at radius 3 is 2.65 bits per heavy atom. The molecule has 1 aromatic rings. The molecule has 1 unspecified atom stereocenters. The van der Waals surface area contributed by atoms with Crippen LogP contribution >= 0.6 is 23.2 Å². The molecular formula is C12H14Cl2F3N3. The van der Waals surface area contributed by atoms with Gasteiger partial charge in [-0.15, -0.1) is 0 Å². The van der Waals surface area contributed by atoms with Crippen LogP contribution in [0.2, 0.25) is 10.0 Å². The Morgan fingerprint density at radius 1 is 1.35 bits per heavy atom. The van der Waals surface area contributed by atoms with Crippen molar-refractivity contribution in [1.82, 2.24) is 4.98 Å². The summed E-state index contributed by atoms with van der Waals surface area (Å²) in [6.45, 7) is 0.380. The van der Waals surface area contributed by atoms with Crippen LogP contribution in [0.25, 0.3) is 0 Å². The van der Waals surface area contributed by atoms with Crippen LogP contribution in [0.3, 0.4) is 0 Å². The molecule has 1 aliphatic heterocycles. The summed E-state index contributed by atoms with van der Waals surface area (Å²) >= 11 is 12.0. The highest BCUT2D eigenvalue weighted by molar-refractivity contribution is 6.37. The molecule has 1 N–H and O–H groups in total. The third-order valence-corrected chi connectivity index (χ3v) is 3.90. The highest BCUT2D eigenvalue weighted by Crippen LogP contribution is 2.37. The van der Waals surface area contributed by atoms with Crippen molar-refractivity contribution in [2.45, 2.75) is 19.0 Å². The third kappa shape index (κ3) is 3.23. The Balaban J connectivity index is 2.27. The standard InChI is InChI=1S/C12H14Cl2F3N3/c1-18-10-8(13)5-9(14)11(19-10)20-4-2-3-7(6-20)12(15,16)17/h5,7H,2-4,6H2,1H3,(H,18,19). The van der Waals surface area contributed by atoms with Crippen LogP contribution in [-0.2, 0) is 0 Å². The summed E-state index contributed by atoms with van der Waals surface area (Å²) in [4.78, 5) is 5.78. The largest absolute Gasteiger partial charge is 0.393 e. The van der Waals surface area contributed by atoms with Crippen molar-refractivity contribution in [1.29, 1.82) is 0 Å². The smallest absolute Gasteiger partial charge is 0.372 e. The van der Waals surface area contributed by atoms with Crippen LogP contribution in [-0.4, -0.2) is 31.3 Å². The van der Waals surface area contributed by atoms with Gasteiger partial charge in [0.1, 0.15) is 11.6 Å². The van der Waals surface area contributed by atoms with Gasteiger partial charge in [-0.05, 0) is 18.9 Å². The molecule has 20 heavy (non-hydrogen) atoms. The lowest BCUT2D eigenvalue weighted by Gasteiger charge is -2.35. The minimum Gasteiger partial charge on any atom is -0.372 e. The molecule has 0 amide bonds. The lowest BCUT2D eigenvalue weighted by atomic mass is 9.97. The van der Waals surface area contributed by atoms with Gasteiger partial charge in [0.05, 0.1) is 16.0 Å². The first-order valence-electron chi connectivity index (χ1n) is 6.18. The number of alkyl halides is 3. The first-order valence-corrected chi connectivity index (χ1v) is 6.94. The predicted octanol–water partition coefficient (Wildman–Crippen LogP) is 4.21. The summed E-state index contributed by atoms with van der Waals surface area (Å²) in [5.74, 6) is -0.600. The molecule has 1 aliphatic rings. The number of nitrogens with one attached hydrogen (secondary N) is 1. The molecule has 2 heterocycles. The minimum atomic E-state index is -4.19. The van der Waals surface area contributed by atoms with E-state index in [4.69, 9.17) is 23.2 Å². The number of halogens is 5. The van der Waals surface area contributed by atoms with Crippen molar-refractivity contribution in [3.63, 3.8) is 0 Å². The van der Waals surface area contributed by atoms with Crippen LogP contribution < -0.4 is 10.2 Å². The lowest BCUT2D eigenvalue weighted by Crippen LogP contribution is -2.42. The normalized spacial score (nSPS) is 20.1. The molecule has 3 nitrogen and oxygen atoms in total. The molecule has 0 aromatic carbocycles. The number of rotatable bonds is 2. The van der Waals surface area contributed by atoms with Crippen LogP contribution in [0, 0.1) is 5.92 Å². The average molecular weight is 328 g/mol. The topological polar surface area (TPSA) is 28.2 Å². The van der Waals surface area contributed by atoms with Crippen molar-refractivity contribution in [2.75, 3.05) is 30.4 Å². The van der Waals surface area contributed by atoms with Gasteiger partial charge in [0, 0.05) is 20.1 Å². The zero-order valence-electron chi connectivity index (χ0n) is 10.8. The molecule has 2 rings (SSSR count). The molecule has 0 spiro atoms. The molecule has 1 aromatic heterocycles. The quantitative estimate of drug-likeness (QED) is 0.881. The summed E-state index contributed by atoms with van der Waals surface area (Å²) in [5.41, 5.74) is 0. The van der Waals surface area contributed by atoms with Gasteiger partial charge < -0.3 is 10.2 Å². The maximum Gasteiger partial charge on any atom is 0.393 e. The number of anilines is 2. The van der Waals surface area contributed by atoms with E-state index in [9.17, 15) is 13.2 Å². The van der Waals surface area contributed by atoms with Gasteiger partial charge >= 0.3 is 6.18 Å². The molecule has 1 fully saturated rings. The fourth-order valence-electron chi connectivity index (χ4n) is 2.29. The fraction of sp³-hybridized carbons (Fsp3) is 0.583. The molecular weight excluding hydrogens is 314 g/mol. The fourth-order valence-corrected chi connectivity index (χ4v) is 2.86. The maximum atomic E-state index is 12.8. The first kappa shape index (κ1) is 15.5. The monoisotopic (exact) mass is 327 g/mol. The van der Waals surface area contributed by atoms with E-state index in [-0.39, 0.29) is 18.0 Å². The van der Waals surface area contributed by atoms with E-state index < -0.39 is 12.1 Å². The Kier molecular flexibility index (Phi) is 4.54. The summed E-state index contributed by atoms with van der Waals surface area (Å²) in [6, 6.07) is 1.49. The number of piperidine rings is 1. The second-order valence-corrected chi connectivity index (χ2v) is 5.52. The second kappa shape index (κ2) is 5.85. The van der Waals surface area contributed by atoms with E-state index in [0.29, 0.717) is 29.6 Å². The predicted molar refractivity (Wildman–Crippen MR) is 74.8 cm³/mol. The molecule has 0 bridgehead atoms. The van der Waals surface area contributed by atoms with E-state index in [2.05, 4.69) is 10.3 Å². The molecule has 0 saturated carbocycles. The Labute approximate surface area is 125 Å². The van der Waals surface area contributed by atoms with Crippen molar-refractivity contribution < 1.29 is 13.2 Å². The summed E-state index contributed by atoms with van der Waals surface area (Å²) in [5, 5.41) is 3.39. The van der Waals surface area contributed by atoms with Crippen molar-refractivity contribution in [3.05, 3.63) is 16.1 Å². The SMILES string of the molecule is CNc1nc(N2CCCC(C(F)(F)F)C2)c(Cl)cc1Cl. The van der Waals surface area contributed by atoms with E-state index in [1.807, 2.05) is 0 Å². The highest BCUT2D eigenvalue weighted by Gasteiger charge is 2.42. The minimum absolute atomic E-state index is 0.124. The second-order valence-electron chi connectivity index (χ2n) is 4.70. The van der Waals surface area contributed by atoms with Gasteiger partial charge in [-0.2, -0.15) is 13.2 Å². The first-order chi connectivity index (χ1) is 9.32. The molecule has 112 valence electrons. The van der Waals surface area contributed by atoms with Crippen molar-refractivity contribution in [3.8, 4) is 0 Å². The van der Waals surface area contributed by atoms with E-state index in [1.165, 1.54) is 6.07 Å².